The Bertz CT molecular complexity index is 1300. The molecule has 0 aliphatic heterocycles. The van der Waals surface area contributed by atoms with Crippen molar-refractivity contribution in [1.29, 1.82) is 5.26 Å². The van der Waals surface area contributed by atoms with Crippen LogP contribution in [0, 0.1) is 11.3 Å². The predicted molar refractivity (Wildman–Crippen MR) is 124 cm³/mol. The molecule has 0 saturated heterocycles. The fraction of sp³-hybridized carbons (Fsp3) is 0.0769. The van der Waals surface area contributed by atoms with Crippen LogP contribution in [0.4, 0.5) is 5.82 Å². The number of rotatable bonds is 6. The van der Waals surface area contributed by atoms with Crippen molar-refractivity contribution in [1.82, 2.24) is 4.98 Å². The maximum Gasteiger partial charge on any atom is 0.142 e. The van der Waals surface area contributed by atoms with Crippen molar-refractivity contribution >= 4 is 5.82 Å². The molecule has 0 saturated carbocycles. The van der Waals surface area contributed by atoms with Crippen molar-refractivity contribution in [2.45, 2.75) is 0 Å². The molecule has 158 valence electrons. The highest BCUT2D eigenvalue weighted by Crippen LogP contribution is 2.37. The first-order chi connectivity index (χ1) is 15.6. The quantitative estimate of drug-likeness (QED) is 0.429. The number of para-hydroxylation sites is 1. The highest BCUT2D eigenvalue weighted by Gasteiger charge is 2.17. The number of nitriles is 1. The normalized spacial score (nSPS) is 10.3. The zero-order valence-corrected chi connectivity index (χ0v) is 17.7. The van der Waals surface area contributed by atoms with Gasteiger partial charge >= 0.3 is 0 Å². The van der Waals surface area contributed by atoms with Gasteiger partial charge in [-0.05, 0) is 54.1 Å². The standard InChI is InChI=1S/C26H21N3O3/c1-30-19-11-12-25(31-2)22(14-19)24-15-21(23(16-27)26(28)29-24)17-7-6-10-20(13-17)32-18-8-4-3-5-9-18/h3-15H,1-2H3,(H2,28,29). The molecule has 0 aliphatic carbocycles. The third-order valence-corrected chi connectivity index (χ3v) is 4.97. The molecule has 32 heavy (non-hydrogen) atoms. The lowest BCUT2D eigenvalue weighted by Crippen LogP contribution is -2.01. The second-order valence-corrected chi connectivity index (χ2v) is 6.94. The molecule has 0 spiro atoms. The van der Waals surface area contributed by atoms with E-state index in [1.54, 1.807) is 26.4 Å². The summed E-state index contributed by atoms with van der Waals surface area (Å²) >= 11 is 0. The number of aromatic nitrogens is 1. The molecule has 1 aromatic heterocycles. The molecule has 1 heterocycles. The molecule has 6 nitrogen and oxygen atoms in total. The molecular weight excluding hydrogens is 402 g/mol. The Morgan fingerprint density at radius 2 is 1.56 bits per heavy atom. The first kappa shape index (κ1) is 20.8. The molecule has 3 aromatic carbocycles. The van der Waals surface area contributed by atoms with Gasteiger partial charge in [-0.25, -0.2) is 4.98 Å². The summed E-state index contributed by atoms with van der Waals surface area (Å²) in [6, 6.07) is 26.4. The molecule has 0 amide bonds. The van der Waals surface area contributed by atoms with Crippen molar-refractivity contribution < 1.29 is 14.2 Å². The Morgan fingerprint density at radius 1 is 0.781 bits per heavy atom. The zero-order chi connectivity index (χ0) is 22.5. The molecule has 4 aromatic rings. The molecule has 0 atom stereocenters. The highest BCUT2D eigenvalue weighted by atomic mass is 16.5. The summed E-state index contributed by atoms with van der Waals surface area (Å²) in [5, 5.41) is 9.76. The Morgan fingerprint density at radius 3 is 2.28 bits per heavy atom. The third kappa shape index (κ3) is 4.18. The summed E-state index contributed by atoms with van der Waals surface area (Å²) in [6.07, 6.45) is 0. The van der Waals surface area contributed by atoms with Crippen LogP contribution in [-0.4, -0.2) is 19.2 Å². The molecule has 0 radical (unpaired) electrons. The minimum absolute atomic E-state index is 0.138. The van der Waals surface area contributed by atoms with Gasteiger partial charge in [-0.15, -0.1) is 0 Å². The number of nitrogen functional groups attached to an aromatic ring is 1. The number of ether oxygens (including phenoxy) is 3. The van der Waals surface area contributed by atoms with Crippen LogP contribution in [0.25, 0.3) is 22.4 Å². The van der Waals surface area contributed by atoms with E-state index in [1.165, 1.54) is 0 Å². The van der Waals surface area contributed by atoms with Crippen molar-refractivity contribution in [2.75, 3.05) is 20.0 Å². The molecular formula is C26H21N3O3. The van der Waals surface area contributed by atoms with Gasteiger partial charge in [0.05, 0.1) is 19.9 Å². The summed E-state index contributed by atoms with van der Waals surface area (Å²) < 4.78 is 16.8. The van der Waals surface area contributed by atoms with Crippen LogP contribution in [0.1, 0.15) is 5.56 Å². The molecule has 0 unspecified atom stereocenters. The van der Waals surface area contributed by atoms with E-state index < -0.39 is 0 Å². The summed E-state index contributed by atoms with van der Waals surface area (Å²) in [4.78, 5) is 4.46. The van der Waals surface area contributed by atoms with Crippen LogP contribution in [0.15, 0.2) is 78.9 Å². The van der Waals surface area contributed by atoms with Gasteiger partial charge in [0.15, 0.2) is 0 Å². The number of nitrogens with two attached hydrogens (primary N) is 1. The lowest BCUT2D eigenvalue weighted by atomic mass is 9.98. The van der Waals surface area contributed by atoms with E-state index >= 15 is 0 Å². The second-order valence-electron chi connectivity index (χ2n) is 6.94. The number of methoxy groups -OCH3 is 2. The van der Waals surface area contributed by atoms with Crippen molar-refractivity contribution in [3.63, 3.8) is 0 Å². The molecule has 0 fully saturated rings. The van der Waals surface area contributed by atoms with Crippen LogP contribution in [0.3, 0.4) is 0 Å². The molecule has 0 bridgehead atoms. The summed E-state index contributed by atoms with van der Waals surface area (Å²) in [5.74, 6) is 2.79. The maximum absolute atomic E-state index is 9.76. The average Bonchev–Trinajstić information content (AvgIpc) is 2.84. The number of benzene rings is 3. The topological polar surface area (TPSA) is 90.4 Å². The van der Waals surface area contributed by atoms with Gasteiger partial charge < -0.3 is 19.9 Å². The summed E-state index contributed by atoms with van der Waals surface area (Å²) in [6.45, 7) is 0. The number of pyridine rings is 1. The Hall–Kier alpha value is -4.50. The van der Waals surface area contributed by atoms with E-state index in [-0.39, 0.29) is 5.82 Å². The van der Waals surface area contributed by atoms with Crippen LogP contribution in [0.2, 0.25) is 0 Å². The average molecular weight is 423 g/mol. The Labute approximate surface area is 186 Å². The van der Waals surface area contributed by atoms with Gasteiger partial charge in [0.1, 0.15) is 40.4 Å². The van der Waals surface area contributed by atoms with Gasteiger partial charge in [-0.1, -0.05) is 30.3 Å². The fourth-order valence-electron chi connectivity index (χ4n) is 3.41. The van der Waals surface area contributed by atoms with Gasteiger partial charge in [-0.3, -0.25) is 0 Å². The number of hydrogen-bond acceptors (Lipinski definition) is 6. The monoisotopic (exact) mass is 423 g/mol. The Kier molecular flexibility index (Phi) is 5.91. The SMILES string of the molecule is COc1ccc(OC)c(-c2cc(-c3cccc(Oc4ccccc4)c3)c(C#N)c(N)n2)c1. The third-order valence-electron chi connectivity index (χ3n) is 4.97. The summed E-state index contributed by atoms with van der Waals surface area (Å²) in [7, 11) is 3.18. The van der Waals surface area contributed by atoms with E-state index in [1.807, 2.05) is 66.7 Å². The van der Waals surface area contributed by atoms with E-state index in [2.05, 4.69) is 11.1 Å². The van der Waals surface area contributed by atoms with Gasteiger partial charge in [0.2, 0.25) is 0 Å². The molecule has 6 heteroatoms. The first-order valence-electron chi connectivity index (χ1n) is 9.89. The largest absolute Gasteiger partial charge is 0.497 e. The van der Waals surface area contributed by atoms with E-state index in [0.29, 0.717) is 39.6 Å². The molecule has 4 rings (SSSR count). The van der Waals surface area contributed by atoms with Gasteiger partial charge in [0.25, 0.3) is 0 Å². The van der Waals surface area contributed by atoms with Crippen molar-refractivity contribution in [3.8, 4) is 51.5 Å². The van der Waals surface area contributed by atoms with E-state index in [4.69, 9.17) is 19.9 Å². The fourth-order valence-corrected chi connectivity index (χ4v) is 3.41. The minimum Gasteiger partial charge on any atom is -0.497 e. The second kappa shape index (κ2) is 9.11. The van der Waals surface area contributed by atoms with Gasteiger partial charge in [-0.2, -0.15) is 5.26 Å². The minimum atomic E-state index is 0.138. The van der Waals surface area contributed by atoms with E-state index in [0.717, 1.165) is 11.3 Å². The van der Waals surface area contributed by atoms with Crippen LogP contribution in [0.5, 0.6) is 23.0 Å². The van der Waals surface area contributed by atoms with Gasteiger partial charge in [0, 0.05) is 11.1 Å². The predicted octanol–water partition coefficient (Wildman–Crippen LogP) is 5.68. The highest BCUT2D eigenvalue weighted by molar-refractivity contribution is 5.82. The van der Waals surface area contributed by atoms with Crippen LogP contribution < -0.4 is 19.9 Å². The van der Waals surface area contributed by atoms with Crippen molar-refractivity contribution in [2.24, 2.45) is 0 Å². The zero-order valence-electron chi connectivity index (χ0n) is 17.7. The van der Waals surface area contributed by atoms with Crippen molar-refractivity contribution in [3.05, 3.63) is 84.4 Å². The van der Waals surface area contributed by atoms with Crippen LogP contribution >= 0.6 is 0 Å². The number of anilines is 1. The van der Waals surface area contributed by atoms with Crippen LogP contribution in [-0.2, 0) is 0 Å². The Balaban J connectivity index is 1.83. The first-order valence-corrected chi connectivity index (χ1v) is 9.89. The lowest BCUT2D eigenvalue weighted by Gasteiger charge is -2.14. The lowest BCUT2D eigenvalue weighted by molar-refractivity contribution is 0.404. The number of hydrogen-bond donors (Lipinski definition) is 1. The molecule has 0 aliphatic rings. The maximum atomic E-state index is 9.76. The van der Waals surface area contributed by atoms with E-state index in [9.17, 15) is 5.26 Å². The smallest absolute Gasteiger partial charge is 0.142 e. The summed E-state index contributed by atoms with van der Waals surface area (Å²) in [5.41, 5.74) is 9.21. The molecule has 2 N–H and O–H groups in total. The number of nitrogens with zero attached hydrogens (tertiary/aromatic N) is 2.